The van der Waals surface area contributed by atoms with Gasteiger partial charge >= 0.3 is 11.9 Å². The standard InChI is InChI=1S/C14H20O4S/c1-4-19(5-2,6-3)18-14(17)12-9-7-8-11(10-12)13(15)16/h7-10H,4-6H2,1-3H3,(H,15,16). The monoisotopic (exact) mass is 284 g/mol. The molecule has 0 aliphatic heterocycles. The summed E-state index contributed by atoms with van der Waals surface area (Å²) >= 11 is 0. The smallest absolute Gasteiger partial charge is 0.348 e. The lowest BCUT2D eigenvalue weighted by atomic mass is 10.1. The summed E-state index contributed by atoms with van der Waals surface area (Å²) in [4.78, 5) is 23.0. The van der Waals surface area contributed by atoms with Crippen LogP contribution >= 0.6 is 10.3 Å². The van der Waals surface area contributed by atoms with Crippen LogP contribution in [0.5, 0.6) is 0 Å². The molecule has 5 heteroatoms. The molecular formula is C14H20O4S. The minimum absolute atomic E-state index is 0.0968. The van der Waals surface area contributed by atoms with E-state index in [4.69, 9.17) is 9.29 Å². The minimum atomic E-state index is -1.39. The third-order valence-corrected chi connectivity index (χ3v) is 6.84. The van der Waals surface area contributed by atoms with Crippen molar-refractivity contribution in [1.29, 1.82) is 0 Å². The Morgan fingerprint density at radius 3 is 2.11 bits per heavy atom. The molecule has 0 bridgehead atoms. The summed E-state index contributed by atoms with van der Waals surface area (Å²) in [5.41, 5.74) is 0.395. The molecule has 0 heterocycles. The van der Waals surface area contributed by atoms with Crippen LogP contribution in [0.3, 0.4) is 0 Å². The Balaban J connectivity index is 2.94. The van der Waals surface area contributed by atoms with Crippen LogP contribution in [-0.2, 0) is 4.18 Å². The number of hydrogen-bond acceptors (Lipinski definition) is 3. The summed E-state index contributed by atoms with van der Waals surface area (Å²) in [6.45, 7) is 6.05. The Hall–Kier alpha value is -1.49. The topological polar surface area (TPSA) is 63.6 Å². The number of rotatable bonds is 6. The maximum absolute atomic E-state index is 12.1. The molecule has 0 radical (unpaired) electrons. The molecule has 0 unspecified atom stereocenters. The van der Waals surface area contributed by atoms with Crippen LogP contribution in [-0.4, -0.2) is 34.3 Å². The van der Waals surface area contributed by atoms with E-state index >= 15 is 0 Å². The van der Waals surface area contributed by atoms with Crippen LogP contribution in [0.15, 0.2) is 24.3 Å². The zero-order chi connectivity index (χ0) is 14.5. The van der Waals surface area contributed by atoms with Gasteiger partial charge in [0, 0.05) is 17.3 Å². The lowest BCUT2D eigenvalue weighted by molar-refractivity contribution is 0.0697. The Kier molecular flexibility index (Phi) is 5.42. The average molecular weight is 284 g/mol. The first-order valence-corrected chi connectivity index (χ1v) is 8.38. The SMILES string of the molecule is CCS(CC)(CC)OC(=O)c1cccc(C(=O)O)c1. The molecule has 0 spiro atoms. The van der Waals surface area contributed by atoms with Crippen molar-refractivity contribution in [3.05, 3.63) is 35.4 Å². The quantitative estimate of drug-likeness (QED) is 0.870. The normalized spacial score (nSPS) is 11.9. The Labute approximate surface area is 115 Å². The molecular weight excluding hydrogens is 264 g/mol. The molecule has 1 N–H and O–H groups in total. The van der Waals surface area contributed by atoms with Crippen molar-refractivity contribution in [2.75, 3.05) is 17.3 Å². The van der Waals surface area contributed by atoms with E-state index in [1.54, 1.807) is 12.1 Å². The second-order valence-electron chi connectivity index (χ2n) is 4.09. The zero-order valence-corrected chi connectivity index (χ0v) is 12.3. The molecule has 1 aromatic carbocycles. The van der Waals surface area contributed by atoms with Gasteiger partial charge in [0.05, 0.1) is 11.1 Å². The van der Waals surface area contributed by atoms with E-state index in [9.17, 15) is 9.59 Å². The van der Waals surface area contributed by atoms with Crippen molar-refractivity contribution in [2.45, 2.75) is 20.8 Å². The van der Waals surface area contributed by atoms with Crippen molar-refractivity contribution >= 4 is 22.2 Å². The molecule has 0 fully saturated rings. The van der Waals surface area contributed by atoms with Gasteiger partial charge in [-0.05, 0) is 18.2 Å². The molecule has 1 aromatic rings. The highest BCUT2D eigenvalue weighted by molar-refractivity contribution is 8.30. The van der Waals surface area contributed by atoms with Gasteiger partial charge in [0.15, 0.2) is 0 Å². The highest BCUT2D eigenvalue weighted by atomic mass is 32.3. The van der Waals surface area contributed by atoms with Crippen LogP contribution in [0.2, 0.25) is 0 Å². The maximum atomic E-state index is 12.1. The number of carboxylic acids is 1. The van der Waals surface area contributed by atoms with Gasteiger partial charge in [-0.15, -0.1) is 0 Å². The summed E-state index contributed by atoms with van der Waals surface area (Å²) in [5, 5.41) is 8.92. The largest absolute Gasteiger partial charge is 0.478 e. The van der Waals surface area contributed by atoms with Gasteiger partial charge in [-0.25, -0.2) is 9.59 Å². The number of hydrogen-bond donors (Lipinski definition) is 1. The van der Waals surface area contributed by atoms with Gasteiger partial charge in [-0.1, -0.05) is 37.1 Å². The molecule has 0 atom stereocenters. The molecule has 0 saturated carbocycles. The lowest BCUT2D eigenvalue weighted by Gasteiger charge is -2.35. The van der Waals surface area contributed by atoms with E-state index in [2.05, 4.69) is 0 Å². The third-order valence-electron chi connectivity index (χ3n) is 3.18. The van der Waals surface area contributed by atoms with Crippen molar-refractivity contribution in [1.82, 2.24) is 0 Å². The second kappa shape index (κ2) is 6.61. The lowest BCUT2D eigenvalue weighted by Crippen LogP contribution is -2.17. The minimum Gasteiger partial charge on any atom is -0.478 e. The molecule has 106 valence electrons. The maximum Gasteiger partial charge on any atom is 0.348 e. The van der Waals surface area contributed by atoms with Crippen molar-refractivity contribution < 1.29 is 18.9 Å². The number of carbonyl (C=O) groups excluding carboxylic acids is 1. The van der Waals surface area contributed by atoms with Crippen molar-refractivity contribution in [3.63, 3.8) is 0 Å². The fourth-order valence-corrected chi connectivity index (χ4v) is 3.77. The number of aromatic carboxylic acids is 1. The fourth-order valence-electron chi connectivity index (χ4n) is 1.78. The summed E-state index contributed by atoms with van der Waals surface area (Å²) < 4.78 is 5.66. The summed E-state index contributed by atoms with van der Waals surface area (Å²) in [7, 11) is -1.39. The van der Waals surface area contributed by atoms with E-state index in [1.165, 1.54) is 12.1 Å². The first kappa shape index (κ1) is 15.6. The van der Waals surface area contributed by atoms with Gasteiger partial charge < -0.3 is 9.29 Å². The third kappa shape index (κ3) is 3.73. The molecule has 1 rings (SSSR count). The molecule has 0 aliphatic rings. The van der Waals surface area contributed by atoms with E-state index in [0.717, 1.165) is 17.3 Å². The molecule has 0 aromatic heterocycles. The Bertz CT molecular complexity index is 458. The molecule has 0 saturated heterocycles. The van der Waals surface area contributed by atoms with Crippen LogP contribution in [0.1, 0.15) is 41.5 Å². The van der Waals surface area contributed by atoms with E-state index in [0.29, 0.717) is 5.56 Å². The van der Waals surface area contributed by atoms with E-state index in [1.807, 2.05) is 20.8 Å². The summed E-state index contributed by atoms with van der Waals surface area (Å²) in [5.74, 6) is 0.998. The van der Waals surface area contributed by atoms with E-state index < -0.39 is 22.2 Å². The highest BCUT2D eigenvalue weighted by Gasteiger charge is 2.24. The van der Waals surface area contributed by atoms with Crippen LogP contribution in [0.4, 0.5) is 0 Å². The highest BCUT2D eigenvalue weighted by Crippen LogP contribution is 2.48. The number of carboxylic acid groups (broad SMARTS) is 1. The van der Waals surface area contributed by atoms with Gasteiger partial charge in [0.2, 0.25) is 0 Å². The molecule has 4 nitrogen and oxygen atoms in total. The molecule has 19 heavy (non-hydrogen) atoms. The zero-order valence-electron chi connectivity index (χ0n) is 11.5. The summed E-state index contributed by atoms with van der Waals surface area (Å²) in [6, 6.07) is 5.95. The van der Waals surface area contributed by atoms with Crippen LogP contribution in [0, 0.1) is 0 Å². The predicted molar refractivity (Wildman–Crippen MR) is 78.0 cm³/mol. The average Bonchev–Trinajstić information content (AvgIpc) is 2.45. The summed E-state index contributed by atoms with van der Waals surface area (Å²) in [6.07, 6.45) is 0. The first-order valence-electron chi connectivity index (χ1n) is 6.31. The van der Waals surface area contributed by atoms with Gasteiger partial charge in [-0.3, -0.25) is 0 Å². The first-order chi connectivity index (χ1) is 8.98. The second-order valence-corrected chi connectivity index (χ2v) is 7.92. The number of carbonyl (C=O) groups is 2. The van der Waals surface area contributed by atoms with Gasteiger partial charge in [-0.2, -0.15) is 0 Å². The Morgan fingerprint density at radius 2 is 1.63 bits per heavy atom. The van der Waals surface area contributed by atoms with Crippen LogP contribution in [0.25, 0.3) is 0 Å². The van der Waals surface area contributed by atoms with Gasteiger partial charge in [0.1, 0.15) is 0 Å². The van der Waals surface area contributed by atoms with Crippen molar-refractivity contribution in [2.24, 2.45) is 0 Å². The molecule has 0 aliphatic carbocycles. The van der Waals surface area contributed by atoms with Crippen molar-refractivity contribution in [3.8, 4) is 0 Å². The Morgan fingerprint density at radius 1 is 1.11 bits per heavy atom. The fraction of sp³-hybridized carbons (Fsp3) is 0.429. The molecule has 0 amide bonds. The van der Waals surface area contributed by atoms with E-state index in [-0.39, 0.29) is 5.56 Å². The predicted octanol–water partition coefficient (Wildman–Crippen LogP) is 3.32. The number of benzene rings is 1. The van der Waals surface area contributed by atoms with Gasteiger partial charge in [0.25, 0.3) is 0 Å². The van der Waals surface area contributed by atoms with Crippen LogP contribution < -0.4 is 0 Å².